The molecular weight excluding hydrogens is 909 g/mol. The molecule has 1 spiro atoms. The Labute approximate surface area is 397 Å². The molecule has 70 heavy (non-hydrogen) atoms. The van der Waals surface area contributed by atoms with E-state index in [1.54, 1.807) is 50.9 Å². The molecule has 1 N–H and O–H groups in total. The summed E-state index contributed by atoms with van der Waals surface area (Å²) in [4.78, 5) is 47.7. The summed E-state index contributed by atoms with van der Waals surface area (Å²) in [6.07, 6.45) is 5.09. The van der Waals surface area contributed by atoms with Crippen molar-refractivity contribution in [2.24, 2.45) is 13.0 Å². The molecule has 2 aliphatic heterocycles. The first-order valence-electron chi connectivity index (χ1n) is 23.6. The number of halogens is 4. The van der Waals surface area contributed by atoms with Gasteiger partial charge in [-0.25, -0.2) is 31.8 Å². The normalized spacial score (nSPS) is 23.3. The fourth-order valence-electron chi connectivity index (χ4n) is 12.2. The fraction of sp³-hybridized carbons (Fsp3) is 0.412. The summed E-state index contributed by atoms with van der Waals surface area (Å²) in [5.41, 5.74) is 0.636. The molecule has 3 fully saturated rings. The van der Waals surface area contributed by atoms with Crippen LogP contribution in [0.4, 0.5) is 17.6 Å². The van der Waals surface area contributed by atoms with Crippen molar-refractivity contribution in [3.63, 3.8) is 0 Å². The van der Waals surface area contributed by atoms with E-state index in [0.717, 1.165) is 28.4 Å². The Kier molecular flexibility index (Phi) is 9.32. The third-order valence-corrected chi connectivity index (χ3v) is 15.7. The second kappa shape index (κ2) is 14.8. The minimum absolute atomic E-state index is 0.0502. The smallest absolute Gasteiger partial charge is 0.376 e. The number of aryl methyl sites for hydroxylation is 3. The maximum absolute atomic E-state index is 16.3. The quantitative estimate of drug-likeness (QED) is 0.156. The predicted molar refractivity (Wildman–Crippen MR) is 249 cm³/mol. The Morgan fingerprint density at radius 2 is 1.63 bits per heavy atom. The van der Waals surface area contributed by atoms with Gasteiger partial charge in [0.25, 0.3) is 5.91 Å². The van der Waals surface area contributed by atoms with Crippen LogP contribution in [0.25, 0.3) is 39.0 Å². The maximum atomic E-state index is 16.3. The van der Waals surface area contributed by atoms with Crippen LogP contribution in [0, 0.1) is 31.4 Å². The van der Waals surface area contributed by atoms with E-state index in [2.05, 4.69) is 41.2 Å². The van der Waals surface area contributed by atoms with Crippen LogP contribution >= 0.6 is 0 Å². The number of ether oxygens (including phenoxy) is 1. The van der Waals surface area contributed by atoms with Gasteiger partial charge in [-0.15, -0.1) is 0 Å². The van der Waals surface area contributed by atoms with Gasteiger partial charge in [-0.3, -0.25) is 28.1 Å². The molecule has 0 radical (unpaired) electrons. The molecule has 8 aromatic rings. The minimum atomic E-state index is -3.10. The molecule has 19 heteroatoms. The molecule has 5 aromatic heterocycles. The molecule has 0 bridgehead atoms. The second-order valence-electron chi connectivity index (χ2n) is 20.9. The number of aromatic nitrogens is 9. The number of H-pyrrole nitrogens is 1. The van der Waals surface area contributed by atoms with Gasteiger partial charge in [-0.05, 0) is 125 Å². The van der Waals surface area contributed by atoms with Crippen LogP contribution in [0.15, 0.2) is 81.2 Å². The Morgan fingerprint density at radius 1 is 0.914 bits per heavy atom. The molecule has 0 unspecified atom stereocenters. The van der Waals surface area contributed by atoms with Crippen LogP contribution < -0.4 is 11.4 Å². The Balaban J connectivity index is 1.06. The number of carbonyl (C=O) groups is 1. The number of amides is 1. The highest BCUT2D eigenvalue weighted by molar-refractivity contribution is 6.00. The third-order valence-electron chi connectivity index (χ3n) is 15.7. The summed E-state index contributed by atoms with van der Waals surface area (Å²) in [5, 5.41) is 14.4. The first kappa shape index (κ1) is 44.2. The summed E-state index contributed by atoms with van der Waals surface area (Å²) < 4.78 is 81.3. The summed E-state index contributed by atoms with van der Waals surface area (Å²) in [7, 11) is 1.68. The Morgan fingerprint density at radius 3 is 2.30 bits per heavy atom. The zero-order valence-corrected chi connectivity index (χ0v) is 39.6. The average Bonchev–Trinajstić information content (AvgIpc) is 3.94. The SMILES string of the molecule is Cc1cc(-n2nc3c(c2-n2ccn(-c4ccc5c(cnn5C)c4F)c2=O)[C@H](C)N(C(=O)c2cc4cc([C@H]5CCOC(C)(C)C5)ccc4n2[C@@]2(c4noc(=O)[nH]4)C[C@@H]2C)CC32CC(F)(F)C2)cc(C)c1F. The van der Waals surface area contributed by atoms with Crippen LogP contribution in [0.2, 0.25) is 0 Å². The number of nitrogens with zero attached hydrogens (tertiary/aromatic N) is 9. The van der Waals surface area contributed by atoms with Gasteiger partial charge in [0.2, 0.25) is 5.92 Å². The van der Waals surface area contributed by atoms with Gasteiger partial charge in [-0.2, -0.15) is 10.2 Å². The number of rotatable bonds is 7. The standard InChI is InChI=1S/C51H50F4N10O5/c1-26-16-33(17-27(2)40(26)52)65-43(62-14-13-61(47(62)68)37-11-10-36-34(41(37)53)22-56-60(36)7)39-29(4)63(25-49(42(39)58-65)23-50(54,55)24-49)44(66)38-19-32-18-30(31-12-15-69-48(5,6)21-31)8-9-35(32)64(38)51(20-28(51)3)45-57-46(67)70-59-45/h8-11,13-14,16-19,22,28-29,31H,12,15,20-21,23-25H2,1-7H3,(H,57,59,67)/t28-,29-,31-,51-/m0/s1. The lowest BCUT2D eigenvalue weighted by atomic mass is 9.60. The molecule has 2 aliphatic carbocycles. The van der Waals surface area contributed by atoms with E-state index in [9.17, 15) is 9.59 Å². The second-order valence-corrected chi connectivity index (χ2v) is 20.9. The van der Waals surface area contributed by atoms with Gasteiger partial charge in [0, 0.05) is 67.3 Å². The summed E-state index contributed by atoms with van der Waals surface area (Å²) >= 11 is 0. The summed E-state index contributed by atoms with van der Waals surface area (Å²) in [6.45, 7) is 11.6. The van der Waals surface area contributed by atoms with E-state index < -0.39 is 64.7 Å². The summed E-state index contributed by atoms with van der Waals surface area (Å²) in [6, 6.07) is 13.3. The van der Waals surface area contributed by atoms with Crippen LogP contribution in [0.5, 0.6) is 0 Å². The molecule has 2 saturated carbocycles. The fourth-order valence-corrected chi connectivity index (χ4v) is 12.2. The zero-order chi connectivity index (χ0) is 49.1. The van der Waals surface area contributed by atoms with E-state index in [0.29, 0.717) is 35.3 Å². The van der Waals surface area contributed by atoms with Gasteiger partial charge in [0.1, 0.15) is 22.9 Å². The van der Waals surface area contributed by atoms with Crippen molar-refractivity contribution < 1.29 is 31.6 Å². The number of hydrogen-bond acceptors (Lipinski definition) is 8. The van der Waals surface area contributed by atoms with Gasteiger partial charge < -0.3 is 14.2 Å². The van der Waals surface area contributed by atoms with Crippen molar-refractivity contribution in [1.29, 1.82) is 0 Å². The van der Waals surface area contributed by atoms with E-state index in [4.69, 9.17) is 14.4 Å². The number of benzene rings is 3. The number of aromatic amines is 1. The van der Waals surface area contributed by atoms with Crippen molar-refractivity contribution in [3.05, 3.63) is 139 Å². The molecule has 12 rings (SSSR count). The van der Waals surface area contributed by atoms with Gasteiger partial charge in [0.15, 0.2) is 11.6 Å². The number of carbonyl (C=O) groups excluding carboxylic acids is 1. The number of fused-ring (bicyclic) bond motifs is 4. The lowest BCUT2D eigenvalue weighted by molar-refractivity contribution is -0.138. The molecule has 15 nitrogen and oxygen atoms in total. The Bertz CT molecular complexity index is 3610. The van der Waals surface area contributed by atoms with E-state index >= 15 is 22.4 Å². The van der Waals surface area contributed by atoms with Crippen molar-refractivity contribution in [2.45, 2.75) is 108 Å². The van der Waals surface area contributed by atoms with Crippen molar-refractivity contribution in [2.75, 3.05) is 13.2 Å². The van der Waals surface area contributed by atoms with E-state index in [-0.39, 0.29) is 69.2 Å². The molecular formula is C51H50F4N10O5. The van der Waals surface area contributed by atoms with Crippen molar-refractivity contribution in [1.82, 2.24) is 48.3 Å². The highest BCUT2D eigenvalue weighted by Gasteiger charge is 2.64. The predicted octanol–water partition coefficient (Wildman–Crippen LogP) is 8.57. The largest absolute Gasteiger partial charge is 0.438 e. The lowest BCUT2D eigenvalue weighted by Crippen LogP contribution is -2.60. The molecule has 1 amide bonds. The zero-order valence-electron chi connectivity index (χ0n) is 39.6. The molecule has 1 saturated heterocycles. The average molecular weight is 959 g/mol. The summed E-state index contributed by atoms with van der Waals surface area (Å²) in [5.74, 6) is -4.98. The maximum Gasteiger partial charge on any atom is 0.438 e. The molecule has 3 aromatic carbocycles. The van der Waals surface area contributed by atoms with Crippen LogP contribution in [-0.2, 0) is 22.7 Å². The minimum Gasteiger partial charge on any atom is -0.376 e. The molecule has 4 aliphatic rings. The van der Waals surface area contributed by atoms with Crippen LogP contribution in [0.3, 0.4) is 0 Å². The number of nitrogens with one attached hydrogen (secondary N) is 1. The molecule has 7 heterocycles. The topological polar surface area (TPSA) is 156 Å². The number of alkyl halides is 2. The monoisotopic (exact) mass is 958 g/mol. The van der Waals surface area contributed by atoms with Gasteiger partial charge in [-0.1, -0.05) is 18.1 Å². The van der Waals surface area contributed by atoms with Crippen molar-refractivity contribution in [3.8, 4) is 17.2 Å². The van der Waals surface area contributed by atoms with Crippen molar-refractivity contribution >= 4 is 27.7 Å². The highest BCUT2D eigenvalue weighted by Crippen LogP contribution is 2.60. The molecule has 4 atom stereocenters. The van der Waals surface area contributed by atoms with Gasteiger partial charge in [0.05, 0.1) is 45.8 Å². The first-order chi connectivity index (χ1) is 33.2. The van der Waals surface area contributed by atoms with Crippen LogP contribution in [-0.4, -0.2) is 78.9 Å². The number of imidazole rings is 1. The highest BCUT2D eigenvalue weighted by atomic mass is 19.3. The van der Waals surface area contributed by atoms with E-state index in [1.165, 1.54) is 38.6 Å². The Hall–Kier alpha value is -7.02. The lowest BCUT2D eigenvalue weighted by Gasteiger charge is -2.53. The third kappa shape index (κ3) is 6.34. The van der Waals surface area contributed by atoms with E-state index in [1.807, 2.05) is 23.6 Å². The van der Waals surface area contributed by atoms with Gasteiger partial charge >= 0.3 is 11.4 Å². The molecule has 362 valence electrons. The van der Waals surface area contributed by atoms with Crippen LogP contribution in [0.1, 0.15) is 116 Å². The number of hydrogen-bond donors (Lipinski definition) is 1. The first-order valence-corrected chi connectivity index (χ1v) is 23.6.